The molecule has 2 N–H and O–H groups in total. The predicted octanol–water partition coefficient (Wildman–Crippen LogP) is 3.80. The molecule has 1 atom stereocenters. The van der Waals surface area contributed by atoms with E-state index < -0.39 is 0 Å². The highest BCUT2D eigenvalue weighted by Crippen LogP contribution is 2.30. The normalized spacial score (nSPS) is 12.2. The number of hydrogen-bond acceptors (Lipinski definition) is 4. The van der Waals surface area contributed by atoms with Crippen LogP contribution < -0.4 is 10.1 Å². The van der Waals surface area contributed by atoms with E-state index in [0.717, 1.165) is 29.2 Å². The Morgan fingerprint density at radius 3 is 2.43 bits per heavy atom. The summed E-state index contributed by atoms with van der Waals surface area (Å²) < 4.78 is 5.45. The molecule has 0 aliphatic heterocycles. The van der Waals surface area contributed by atoms with Gasteiger partial charge < -0.3 is 15.2 Å². The molecule has 2 aromatic rings. The van der Waals surface area contributed by atoms with Crippen molar-refractivity contribution in [2.24, 2.45) is 0 Å². The van der Waals surface area contributed by atoms with Crippen LogP contribution in [0.4, 0.5) is 0 Å². The van der Waals surface area contributed by atoms with Crippen LogP contribution in [0, 0.1) is 0 Å². The van der Waals surface area contributed by atoms with Gasteiger partial charge in [0.1, 0.15) is 5.75 Å². The minimum absolute atomic E-state index is 0.101. The minimum Gasteiger partial charge on any atom is -0.496 e. The second-order valence-corrected chi connectivity index (χ2v) is 6.36. The van der Waals surface area contributed by atoms with Gasteiger partial charge in [0.15, 0.2) is 0 Å². The average Bonchev–Trinajstić information content (AvgIpc) is 2.61. The van der Waals surface area contributed by atoms with Crippen molar-refractivity contribution < 1.29 is 9.84 Å². The van der Waals surface area contributed by atoms with Gasteiger partial charge in [-0.3, -0.25) is 0 Å². The fourth-order valence-corrected chi connectivity index (χ4v) is 3.03. The van der Waals surface area contributed by atoms with Crippen LogP contribution in [0.3, 0.4) is 0 Å². The molecule has 4 heteroatoms. The number of ether oxygens (including phenoxy) is 1. The quantitative estimate of drug-likeness (QED) is 0.722. The average molecular weight is 331 g/mol. The minimum atomic E-state index is 0.101. The van der Waals surface area contributed by atoms with Crippen LogP contribution in [0.15, 0.2) is 47.4 Å². The number of aliphatic hydroxyl groups is 1. The van der Waals surface area contributed by atoms with E-state index in [-0.39, 0.29) is 12.6 Å². The Balaban J connectivity index is 1.90. The summed E-state index contributed by atoms with van der Waals surface area (Å²) in [6, 6.07) is 14.8. The van der Waals surface area contributed by atoms with Crippen molar-refractivity contribution in [1.82, 2.24) is 5.32 Å². The van der Waals surface area contributed by atoms with Gasteiger partial charge in [0.05, 0.1) is 13.7 Å². The standard InChI is InChI=1S/C19H25NO2S/c1-14(17-8-9-19(23-3)18(12-17)22-2)20-11-10-15-4-6-16(13-21)7-5-15/h4-9,12,14,20-21H,10-11,13H2,1-3H3. The van der Waals surface area contributed by atoms with Crippen molar-refractivity contribution in [1.29, 1.82) is 0 Å². The van der Waals surface area contributed by atoms with Crippen molar-refractivity contribution in [2.75, 3.05) is 19.9 Å². The van der Waals surface area contributed by atoms with Crippen LogP contribution in [0.1, 0.15) is 29.7 Å². The summed E-state index contributed by atoms with van der Waals surface area (Å²) in [4.78, 5) is 1.16. The van der Waals surface area contributed by atoms with E-state index in [9.17, 15) is 0 Å². The number of methoxy groups -OCH3 is 1. The van der Waals surface area contributed by atoms with E-state index in [1.165, 1.54) is 11.1 Å². The molecule has 3 nitrogen and oxygen atoms in total. The Labute approximate surface area is 143 Å². The zero-order valence-electron chi connectivity index (χ0n) is 14.0. The molecule has 0 radical (unpaired) electrons. The molecule has 0 saturated carbocycles. The molecule has 0 aliphatic rings. The van der Waals surface area contributed by atoms with Crippen LogP contribution in [0.25, 0.3) is 0 Å². The molecule has 1 unspecified atom stereocenters. The molecular weight excluding hydrogens is 306 g/mol. The van der Waals surface area contributed by atoms with Crippen LogP contribution in [-0.4, -0.2) is 25.0 Å². The van der Waals surface area contributed by atoms with Gasteiger partial charge in [-0.25, -0.2) is 0 Å². The molecule has 0 aromatic heterocycles. The third-order valence-electron chi connectivity index (χ3n) is 3.98. The third-order valence-corrected chi connectivity index (χ3v) is 4.75. The monoisotopic (exact) mass is 331 g/mol. The lowest BCUT2D eigenvalue weighted by Crippen LogP contribution is -2.21. The molecule has 2 rings (SSSR count). The van der Waals surface area contributed by atoms with Crippen molar-refractivity contribution in [3.05, 3.63) is 59.2 Å². The number of nitrogens with one attached hydrogen (secondary N) is 1. The molecule has 0 bridgehead atoms. The summed E-state index contributed by atoms with van der Waals surface area (Å²) in [5.41, 5.74) is 3.46. The first-order valence-electron chi connectivity index (χ1n) is 7.82. The maximum absolute atomic E-state index is 9.06. The summed E-state index contributed by atoms with van der Waals surface area (Å²) in [6.07, 6.45) is 3.03. The third kappa shape index (κ3) is 4.99. The number of hydrogen-bond donors (Lipinski definition) is 2. The fourth-order valence-electron chi connectivity index (χ4n) is 2.48. The Hall–Kier alpha value is -1.49. The summed E-state index contributed by atoms with van der Waals surface area (Å²) in [7, 11) is 1.72. The SMILES string of the molecule is COc1cc(C(C)NCCc2ccc(CO)cc2)ccc1SC. The van der Waals surface area contributed by atoms with Crippen LogP contribution in [0.5, 0.6) is 5.75 Å². The second kappa shape index (κ2) is 8.96. The van der Waals surface area contributed by atoms with Gasteiger partial charge in [-0.2, -0.15) is 0 Å². The lowest BCUT2D eigenvalue weighted by atomic mass is 10.1. The highest BCUT2D eigenvalue weighted by Gasteiger charge is 2.09. The second-order valence-electron chi connectivity index (χ2n) is 5.51. The molecule has 0 spiro atoms. The van der Waals surface area contributed by atoms with Gasteiger partial charge >= 0.3 is 0 Å². The van der Waals surface area contributed by atoms with Crippen molar-refractivity contribution in [3.8, 4) is 5.75 Å². The summed E-state index contributed by atoms with van der Waals surface area (Å²) >= 11 is 1.70. The van der Waals surface area contributed by atoms with Gasteiger partial charge in [-0.05, 0) is 55.0 Å². The number of thioether (sulfide) groups is 1. The Kier molecular flexibility index (Phi) is 6.96. The molecule has 0 aliphatic carbocycles. The number of aliphatic hydroxyl groups excluding tert-OH is 1. The predicted molar refractivity (Wildman–Crippen MR) is 97.3 cm³/mol. The van der Waals surface area contributed by atoms with Gasteiger partial charge in [0.25, 0.3) is 0 Å². The van der Waals surface area contributed by atoms with Crippen LogP contribution in [-0.2, 0) is 13.0 Å². The Morgan fingerprint density at radius 1 is 1.13 bits per heavy atom. The molecule has 2 aromatic carbocycles. The van der Waals surface area contributed by atoms with E-state index in [4.69, 9.17) is 9.84 Å². The highest BCUT2D eigenvalue weighted by atomic mass is 32.2. The first kappa shape index (κ1) is 17.9. The molecule has 124 valence electrons. The summed E-state index contributed by atoms with van der Waals surface area (Å²) in [5, 5.41) is 12.6. The van der Waals surface area contributed by atoms with Crippen LogP contribution in [0.2, 0.25) is 0 Å². The topological polar surface area (TPSA) is 41.5 Å². The zero-order chi connectivity index (χ0) is 16.7. The van der Waals surface area contributed by atoms with Gasteiger partial charge in [-0.15, -0.1) is 11.8 Å². The van der Waals surface area contributed by atoms with Crippen molar-refractivity contribution in [3.63, 3.8) is 0 Å². The first-order valence-corrected chi connectivity index (χ1v) is 9.04. The number of benzene rings is 2. The largest absolute Gasteiger partial charge is 0.496 e. The van der Waals surface area contributed by atoms with E-state index in [2.05, 4.69) is 48.8 Å². The maximum atomic E-state index is 9.06. The highest BCUT2D eigenvalue weighted by molar-refractivity contribution is 7.98. The molecule has 0 amide bonds. The van der Waals surface area contributed by atoms with E-state index in [1.807, 2.05) is 12.1 Å². The van der Waals surface area contributed by atoms with E-state index >= 15 is 0 Å². The van der Waals surface area contributed by atoms with Crippen molar-refractivity contribution in [2.45, 2.75) is 30.9 Å². The summed E-state index contributed by atoms with van der Waals surface area (Å²) in [6.45, 7) is 3.18. The molecule has 0 saturated heterocycles. The van der Waals surface area contributed by atoms with Gasteiger partial charge in [0, 0.05) is 10.9 Å². The lowest BCUT2D eigenvalue weighted by molar-refractivity contribution is 0.282. The lowest BCUT2D eigenvalue weighted by Gasteiger charge is -2.16. The van der Waals surface area contributed by atoms with Gasteiger partial charge in [0.2, 0.25) is 0 Å². The first-order chi connectivity index (χ1) is 11.2. The van der Waals surface area contributed by atoms with E-state index in [1.54, 1.807) is 18.9 Å². The molecule has 0 fully saturated rings. The van der Waals surface area contributed by atoms with Crippen LogP contribution >= 0.6 is 11.8 Å². The van der Waals surface area contributed by atoms with Gasteiger partial charge in [-0.1, -0.05) is 30.3 Å². The van der Waals surface area contributed by atoms with Crippen molar-refractivity contribution >= 4 is 11.8 Å². The summed E-state index contributed by atoms with van der Waals surface area (Å²) in [5.74, 6) is 0.934. The Bertz CT molecular complexity index is 613. The Morgan fingerprint density at radius 2 is 1.83 bits per heavy atom. The molecule has 0 heterocycles. The zero-order valence-corrected chi connectivity index (χ0v) is 14.8. The smallest absolute Gasteiger partial charge is 0.132 e. The fraction of sp³-hybridized carbons (Fsp3) is 0.368. The van der Waals surface area contributed by atoms with E-state index in [0.29, 0.717) is 0 Å². The molecule has 23 heavy (non-hydrogen) atoms. The number of rotatable bonds is 8. The molecular formula is C19H25NO2S. The maximum Gasteiger partial charge on any atom is 0.132 e.